The summed E-state index contributed by atoms with van der Waals surface area (Å²) in [7, 11) is 0. The Hall–Kier alpha value is -1.56. The lowest BCUT2D eigenvalue weighted by Crippen LogP contribution is -2.52. The summed E-state index contributed by atoms with van der Waals surface area (Å²) in [6.07, 6.45) is -5.72. The van der Waals surface area contributed by atoms with E-state index in [2.05, 4.69) is 0 Å². The number of rotatable bonds is 3. The zero-order valence-corrected chi connectivity index (χ0v) is 11.6. The van der Waals surface area contributed by atoms with Crippen LogP contribution < -0.4 is 5.73 Å². The average molecular weight is 289 g/mol. The molecule has 0 heterocycles. The van der Waals surface area contributed by atoms with Crippen LogP contribution in [0.3, 0.4) is 0 Å². The summed E-state index contributed by atoms with van der Waals surface area (Å²) in [5.74, 6) is -0.985. The Bertz CT molecular complexity index is 466. The van der Waals surface area contributed by atoms with Crippen LogP contribution in [-0.2, 0) is 15.1 Å². The summed E-state index contributed by atoms with van der Waals surface area (Å²) in [6.45, 7) is 4.75. The van der Waals surface area contributed by atoms with Crippen LogP contribution in [0.1, 0.15) is 32.8 Å². The molecule has 0 radical (unpaired) electrons. The molecule has 2 N–H and O–H groups in total. The summed E-state index contributed by atoms with van der Waals surface area (Å²) < 4.78 is 44.7. The first-order valence-electron chi connectivity index (χ1n) is 6.09. The van der Waals surface area contributed by atoms with Crippen LogP contribution in [0.4, 0.5) is 13.2 Å². The third kappa shape index (κ3) is 3.96. The smallest absolute Gasteiger partial charge is 0.411 e. The van der Waals surface area contributed by atoms with Crippen molar-refractivity contribution in [2.75, 3.05) is 0 Å². The summed E-state index contributed by atoms with van der Waals surface area (Å²) in [5, 5.41) is 0. The Kier molecular flexibility index (Phi) is 4.49. The third-order valence-corrected chi connectivity index (χ3v) is 2.64. The SMILES string of the molecule is CC(C)(C)OC(=O)CC(N)(c1ccccc1)C(F)(F)F. The van der Waals surface area contributed by atoms with Crippen LogP contribution in [-0.4, -0.2) is 17.7 Å². The number of nitrogens with two attached hydrogens (primary N) is 1. The van der Waals surface area contributed by atoms with Gasteiger partial charge in [-0.1, -0.05) is 30.3 Å². The molecule has 0 fully saturated rings. The highest BCUT2D eigenvalue weighted by atomic mass is 19.4. The molecule has 1 rings (SSSR count). The van der Waals surface area contributed by atoms with E-state index in [0.717, 1.165) is 0 Å². The van der Waals surface area contributed by atoms with E-state index in [-0.39, 0.29) is 5.56 Å². The molecule has 3 nitrogen and oxygen atoms in total. The van der Waals surface area contributed by atoms with Crippen molar-refractivity contribution in [3.63, 3.8) is 0 Å². The molecule has 0 amide bonds. The van der Waals surface area contributed by atoms with Gasteiger partial charge in [0, 0.05) is 0 Å². The maximum atomic E-state index is 13.3. The largest absolute Gasteiger partial charge is 0.460 e. The Morgan fingerprint density at radius 1 is 1.15 bits per heavy atom. The Morgan fingerprint density at radius 2 is 1.65 bits per heavy atom. The predicted molar refractivity (Wildman–Crippen MR) is 68.8 cm³/mol. The van der Waals surface area contributed by atoms with Gasteiger partial charge < -0.3 is 10.5 Å². The standard InChI is InChI=1S/C14H18F3NO2/c1-12(2,3)20-11(19)9-13(18,14(15,16)17)10-7-5-4-6-8-10/h4-8H,9,18H2,1-3H3. The number of halogens is 3. The van der Waals surface area contributed by atoms with Gasteiger partial charge in [0.15, 0.2) is 0 Å². The summed E-state index contributed by atoms with van der Waals surface area (Å²) in [4.78, 5) is 11.7. The lowest BCUT2D eigenvalue weighted by atomic mass is 9.87. The van der Waals surface area contributed by atoms with Crippen molar-refractivity contribution in [2.24, 2.45) is 5.73 Å². The number of alkyl halides is 3. The number of carbonyl (C=O) groups excluding carboxylic acids is 1. The van der Waals surface area contributed by atoms with Gasteiger partial charge >= 0.3 is 12.1 Å². The first-order chi connectivity index (χ1) is 8.96. The molecule has 0 saturated heterocycles. The minimum absolute atomic E-state index is 0.168. The van der Waals surface area contributed by atoms with E-state index >= 15 is 0 Å². The molecule has 1 aromatic carbocycles. The molecule has 20 heavy (non-hydrogen) atoms. The maximum absolute atomic E-state index is 13.3. The summed E-state index contributed by atoms with van der Waals surface area (Å²) in [5.41, 5.74) is 1.71. The number of ether oxygens (including phenoxy) is 1. The van der Waals surface area contributed by atoms with Crippen molar-refractivity contribution in [3.05, 3.63) is 35.9 Å². The van der Waals surface area contributed by atoms with Crippen molar-refractivity contribution in [2.45, 2.75) is 44.5 Å². The molecule has 0 aliphatic rings. The van der Waals surface area contributed by atoms with Crippen LogP contribution in [0.25, 0.3) is 0 Å². The van der Waals surface area contributed by atoms with Crippen molar-refractivity contribution < 1.29 is 22.7 Å². The van der Waals surface area contributed by atoms with E-state index < -0.39 is 29.7 Å². The van der Waals surface area contributed by atoms with E-state index in [9.17, 15) is 18.0 Å². The summed E-state index contributed by atoms with van der Waals surface area (Å²) in [6, 6.07) is 6.96. The second kappa shape index (κ2) is 5.44. The highest BCUT2D eigenvalue weighted by Gasteiger charge is 2.54. The second-order valence-corrected chi connectivity index (χ2v) is 5.60. The average Bonchev–Trinajstić information content (AvgIpc) is 2.25. The number of benzene rings is 1. The number of carbonyl (C=O) groups is 1. The molecule has 0 aliphatic heterocycles. The van der Waals surface area contributed by atoms with E-state index in [0.29, 0.717) is 0 Å². The Morgan fingerprint density at radius 3 is 2.05 bits per heavy atom. The van der Waals surface area contributed by atoms with Crippen LogP contribution >= 0.6 is 0 Å². The molecule has 0 bridgehead atoms. The Labute approximate surface area is 115 Å². The van der Waals surface area contributed by atoms with Gasteiger partial charge in [-0.2, -0.15) is 13.2 Å². The summed E-state index contributed by atoms with van der Waals surface area (Å²) >= 11 is 0. The zero-order valence-electron chi connectivity index (χ0n) is 11.6. The van der Waals surface area contributed by atoms with Crippen molar-refractivity contribution in [1.82, 2.24) is 0 Å². The monoisotopic (exact) mass is 289 g/mol. The van der Waals surface area contributed by atoms with Gasteiger partial charge in [-0.15, -0.1) is 0 Å². The predicted octanol–water partition coefficient (Wildman–Crippen LogP) is 3.13. The van der Waals surface area contributed by atoms with Gasteiger partial charge in [-0.05, 0) is 26.3 Å². The van der Waals surface area contributed by atoms with Gasteiger partial charge in [-0.25, -0.2) is 0 Å². The lowest BCUT2D eigenvalue weighted by Gasteiger charge is -2.32. The number of hydrogen-bond donors (Lipinski definition) is 1. The molecular formula is C14H18F3NO2. The van der Waals surface area contributed by atoms with Crippen LogP contribution in [0, 0.1) is 0 Å². The molecule has 1 unspecified atom stereocenters. The minimum atomic E-state index is -4.76. The molecule has 1 atom stereocenters. The van der Waals surface area contributed by atoms with Gasteiger partial charge in [0.05, 0.1) is 6.42 Å². The van der Waals surface area contributed by atoms with E-state index in [1.165, 1.54) is 24.3 Å². The van der Waals surface area contributed by atoms with Crippen molar-refractivity contribution in [3.8, 4) is 0 Å². The van der Waals surface area contributed by atoms with E-state index in [1.54, 1.807) is 26.8 Å². The molecule has 1 aromatic rings. The van der Waals surface area contributed by atoms with Gasteiger partial charge in [0.1, 0.15) is 11.1 Å². The van der Waals surface area contributed by atoms with Gasteiger partial charge in [-0.3, -0.25) is 4.79 Å². The molecule has 0 aliphatic carbocycles. The fraction of sp³-hybridized carbons (Fsp3) is 0.500. The quantitative estimate of drug-likeness (QED) is 0.870. The fourth-order valence-electron chi connectivity index (χ4n) is 1.71. The zero-order chi connectivity index (χ0) is 15.6. The number of hydrogen-bond acceptors (Lipinski definition) is 3. The van der Waals surface area contributed by atoms with Gasteiger partial charge in [0.2, 0.25) is 0 Å². The molecule has 0 spiro atoms. The fourth-order valence-corrected chi connectivity index (χ4v) is 1.71. The first-order valence-corrected chi connectivity index (χ1v) is 6.09. The minimum Gasteiger partial charge on any atom is -0.460 e. The lowest BCUT2D eigenvalue weighted by molar-refractivity contribution is -0.200. The van der Waals surface area contributed by atoms with E-state index in [1.807, 2.05) is 0 Å². The van der Waals surface area contributed by atoms with Crippen LogP contribution in [0.15, 0.2) is 30.3 Å². The molecule has 6 heteroatoms. The maximum Gasteiger partial charge on any atom is 0.411 e. The molecule has 0 saturated carbocycles. The second-order valence-electron chi connectivity index (χ2n) is 5.60. The highest BCUT2D eigenvalue weighted by Crippen LogP contribution is 2.39. The topological polar surface area (TPSA) is 52.3 Å². The number of esters is 1. The normalized spacial score (nSPS) is 15.6. The van der Waals surface area contributed by atoms with Crippen LogP contribution in [0.5, 0.6) is 0 Å². The Balaban J connectivity index is 3.07. The first kappa shape index (κ1) is 16.5. The van der Waals surface area contributed by atoms with E-state index in [4.69, 9.17) is 10.5 Å². The molecule has 112 valence electrons. The highest BCUT2D eigenvalue weighted by molar-refractivity contribution is 5.72. The third-order valence-electron chi connectivity index (χ3n) is 2.64. The van der Waals surface area contributed by atoms with Crippen LogP contribution in [0.2, 0.25) is 0 Å². The van der Waals surface area contributed by atoms with Gasteiger partial charge in [0.25, 0.3) is 0 Å². The molecular weight excluding hydrogens is 271 g/mol. The molecule has 0 aromatic heterocycles. The van der Waals surface area contributed by atoms with Crippen molar-refractivity contribution in [1.29, 1.82) is 0 Å². The van der Waals surface area contributed by atoms with Crippen molar-refractivity contribution >= 4 is 5.97 Å².